The van der Waals surface area contributed by atoms with E-state index in [9.17, 15) is 13.2 Å². The summed E-state index contributed by atoms with van der Waals surface area (Å²) in [5.41, 5.74) is 1.53. The van der Waals surface area contributed by atoms with Gasteiger partial charge in [-0.05, 0) is 43.7 Å². The Kier molecular flexibility index (Phi) is 6.22. The quantitative estimate of drug-likeness (QED) is 0.615. The maximum Gasteiger partial charge on any atom is 0.340 e. The molecule has 0 aliphatic heterocycles. The number of ether oxygens (including phenoxy) is 1. The fourth-order valence-corrected chi connectivity index (χ4v) is 3.05. The van der Waals surface area contributed by atoms with Gasteiger partial charge in [-0.2, -0.15) is 0 Å². The van der Waals surface area contributed by atoms with Crippen LogP contribution in [0.2, 0.25) is 5.02 Å². The van der Waals surface area contributed by atoms with Crippen LogP contribution in [0.1, 0.15) is 18.1 Å². The summed E-state index contributed by atoms with van der Waals surface area (Å²) in [6.45, 7) is 3.71. The Hall–Kier alpha value is -2.31. The van der Waals surface area contributed by atoms with Crippen LogP contribution in [0.25, 0.3) is 5.57 Å². The summed E-state index contributed by atoms with van der Waals surface area (Å²) in [7, 11) is -3.80. The molecule has 7 heteroatoms. The zero-order chi connectivity index (χ0) is 18.4. The predicted octanol–water partition coefficient (Wildman–Crippen LogP) is 3.53. The second-order valence-electron chi connectivity index (χ2n) is 5.22. The first-order chi connectivity index (χ1) is 11.8. The average Bonchev–Trinajstić information content (AvgIpc) is 2.57. The van der Waals surface area contributed by atoms with E-state index in [1.54, 1.807) is 43.3 Å². The fraction of sp³-hybridized carbons (Fsp3) is 0.167. The van der Waals surface area contributed by atoms with Crippen molar-refractivity contribution in [1.82, 2.24) is 4.72 Å². The molecule has 0 heterocycles. The highest BCUT2D eigenvalue weighted by Crippen LogP contribution is 2.19. The number of esters is 1. The number of nitrogens with one attached hydrogen (secondary N) is 1. The summed E-state index contributed by atoms with van der Waals surface area (Å²) in [5.74, 6) is -0.628. The van der Waals surface area contributed by atoms with Crippen LogP contribution >= 0.6 is 11.6 Å². The zero-order valence-corrected chi connectivity index (χ0v) is 15.4. The molecule has 132 valence electrons. The summed E-state index contributed by atoms with van der Waals surface area (Å²) >= 11 is 5.85. The molecule has 0 unspecified atom stereocenters. The maximum atomic E-state index is 12.4. The molecule has 0 aromatic heterocycles. The van der Waals surface area contributed by atoms with Gasteiger partial charge in [0.05, 0.1) is 17.1 Å². The van der Waals surface area contributed by atoms with Gasteiger partial charge in [-0.3, -0.25) is 4.72 Å². The third kappa shape index (κ3) is 5.08. The second kappa shape index (κ2) is 8.18. The highest BCUT2D eigenvalue weighted by molar-refractivity contribution is 7.89. The molecular weight excluding hydrogens is 362 g/mol. The molecule has 0 bridgehead atoms. The molecule has 2 rings (SSSR count). The normalized spacial score (nSPS) is 11.9. The highest BCUT2D eigenvalue weighted by Gasteiger charge is 2.17. The lowest BCUT2D eigenvalue weighted by atomic mass is 10.1. The lowest BCUT2D eigenvalue weighted by Crippen LogP contribution is -2.20. The number of hydrogen-bond donors (Lipinski definition) is 1. The first kappa shape index (κ1) is 19.0. The van der Waals surface area contributed by atoms with E-state index in [0.717, 1.165) is 11.8 Å². The standard InChI is InChI=1S/C18H18ClNO4S/c1-3-24-18(21)17(14-6-8-15(19)9-7-14)12-20-25(22,23)16-10-4-13(2)5-11-16/h4-12,20H,3H2,1-2H3/b17-12+. The summed E-state index contributed by atoms with van der Waals surface area (Å²) in [6.07, 6.45) is 1.14. The van der Waals surface area contributed by atoms with Crippen LogP contribution in [0.15, 0.2) is 59.6 Å². The Labute approximate surface area is 152 Å². The van der Waals surface area contributed by atoms with Crippen LogP contribution in [-0.2, 0) is 19.6 Å². The van der Waals surface area contributed by atoms with E-state index in [1.807, 2.05) is 6.92 Å². The molecule has 0 atom stereocenters. The third-order valence-corrected chi connectivity index (χ3v) is 4.91. The van der Waals surface area contributed by atoms with Gasteiger partial charge in [-0.25, -0.2) is 13.2 Å². The van der Waals surface area contributed by atoms with Gasteiger partial charge < -0.3 is 4.74 Å². The van der Waals surface area contributed by atoms with Crippen LogP contribution in [0.4, 0.5) is 0 Å². The zero-order valence-electron chi connectivity index (χ0n) is 13.8. The number of hydrogen-bond acceptors (Lipinski definition) is 4. The molecule has 0 spiro atoms. The van der Waals surface area contributed by atoms with Gasteiger partial charge in [0.15, 0.2) is 0 Å². The number of halogens is 1. The second-order valence-corrected chi connectivity index (χ2v) is 7.37. The molecule has 1 N–H and O–H groups in total. The third-order valence-electron chi connectivity index (χ3n) is 3.34. The average molecular weight is 380 g/mol. The van der Waals surface area contributed by atoms with Crippen LogP contribution < -0.4 is 4.72 Å². The minimum Gasteiger partial charge on any atom is -0.462 e. The first-order valence-electron chi connectivity index (χ1n) is 7.55. The number of carbonyl (C=O) groups is 1. The summed E-state index contributed by atoms with van der Waals surface area (Å²) in [4.78, 5) is 12.3. The van der Waals surface area contributed by atoms with Crippen molar-refractivity contribution in [1.29, 1.82) is 0 Å². The Morgan fingerprint density at radius 1 is 1.12 bits per heavy atom. The predicted molar refractivity (Wildman–Crippen MR) is 97.6 cm³/mol. The molecule has 2 aromatic carbocycles. The molecule has 2 aromatic rings. The largest absolute Gasteiger partial charge is 0.462 e. The number of rotatable bonds is 6. The van der Waals surface area contributed by atoms with Crippen molar-refractivity contribution in [2.75, 3.05) is 6.61 Å². The SMILES string of the molecule is CCOC(=O)/C(=C/NS(=O)(=O)c1ccc(C)cc1)c1ccc(Cl)cc1. The molecule has 0 radical (unpaired) electrons. The first-order valence-corrected chi connectivity index (χ1v) is 9.42. The summed E-state index contributed by atoms with van der Waals surface area (Å²) in [6, 6.07) is 12.8. The van der Waals surface area contributed by atoms with Crippen LogP contribution in [0.3, 0.4) is 0 Å². The monoisotopic (exact) mass is 379 g/mol. The molecule has 0 saturated carbocycles. The number of carbonyl (C=O) groups excluding carboxylic acids is 1. The fourth-order valence-electron chi connectivity index (χ4n) is 2.02. The minimum absolute atomic E-state index is 0.0919. The van der Waals surface area contributed by atoms with Crippen LogP contribution in [-0.4, -0.2) is 21.0 Å². The molecule has 5 nitrogen and oxygen atoms in total. The van der Waals surface area contributed by atoms with Crippen molar-refractivity contribution in [3.05, 3.63) is 70.9 Å². The topological polar surface area (TPSA) is 72.5 Å². The number of sulfonamides is 1. The summed E-state index contributed by atoms with van der Waals surface area (Å²) in [5, 5.41) is 0.507. The lowest BCUT2D eigenvalue weighted by Gasteiger charge is -2.09. The van der Waals surface area contributed by atoms with Crippen molar-refractivity contribution in [2.24, 2.45) is 0 Å². The van der Waals surface area contributed by atoms with E-state index in [-0.39, 0.29) is 17.1 Å². The van der Waals surface area contributed by atoms with Gasteiger partial charge in [-0.1, -0.05) is 41.4 Å². The highest BCUT2D eigenvalue weighted by atomic mass is 35.5. The minimum atomic E-state index is -3.80. The molecule has 0 aliphatic carbocycles. The molecule has 0 fully saturated rings. The van der Waals surface area contributed by atoms with E-state index in [4.69, 9.17) is 16.3 Å². The Morgan fingerprint density at radius 3 is 2.28 bits per heavy atom. The van der Waals surface area contributed by atoms with Crippen LogP contribution in [0, 0.1) is 6.92 Å². The van der Waals surface area contributed by atoms with Crippen molar-refractivity contribution >= 4 is 33.2 Å². The van der Waals surface area contributed by atoms with E-state index in [1.165, 1.54) is 12.1 Å². The molecular formula is C18H18ClNO4S. The lowest BCUT2D eigenvalue weighted by molar-refractivity contribution is -0.136. The van der Waals surface area contributed by atoms with Crippen LogP contribution in [0.5, 0.6) is 0 Å². The molecule has 25 heavy (non-hydrogen) atoms. The number of benzene rings is 2. The van der Waals surface area contributed by atoms with Gasteiger partial charge in [0.2, 0.25) is 0 Å². The summed E-state index contributed by atoms with van der Waals surface area (Å²) < 4.78 is 32.1. The van der Waals surface area contributed by atoms with Gasteiger partial charge in [0.1, 0.15) is 0 Å². The van der Waals surface area contributed by atoms with Gasteiger partial charge in [0, 0.05) is 11.2 Å². The van der Waals surface area contributed by atoms with Gasteiger partial charge >= 0.3 is 5.97 Å². The van der Waals surface area contributed by atoms with Crippen molar-refractivity contribution < 1.29 is 17.9 Å². The van der Waals surface area contributed by atoms with E-state index < -0.39 is 16.0 Å². The van der Waals surface area contributed by atoms with Gasteiger partial charge in [-0.15, -0.1) is 0 Å². The molecule has 0 saturated heterocycles. The molecule has 0 aliphatic rings. The van der Waals surface area contributed by atoms with E-state index in [2.05, 4.69) is 4.72 Å². The van der Waals surface area contributed by atoms with E-state index >= 15 is 0 Å². The Bertz CT molecular complexity index is 872. The van der Waals surface area contributed by atoms with Crippen molar-refractivity contribution in [3.63, 3.8) is 0 Å². The number of aryl methyl sites for hydroxylation is 1. The smallest absolute Gasteiger partial charge is 0.340 e. The molecule has 0 amide bonds. The van der Waals surface area contributed by atoms with Crippen molar-refractivity contribution in [2.45, 2.75) is 18.7 Å². The van der Waals surface area contributed by atoms with E-state index in [0.29, 0.717) is 10.6 Å². The van der Waals surface area contributed by atoms with Gasteiger partial charge in [0.25, 0.3) is 10.0 Å². The maximum absolute atomic E-state index is 12.4. The Morgan fingerprint density at radius 2 is 1.72 bits per heavy atom. The van der Waals surface area contributed by atoms with Crippen molar-refractivity contribution in [3.8, 4) is 0 Å². The Balaban J connectivity index is 2.35.